The molecular weight excluding hydrogens is 988 g/mol. The molecule has 0 aliphatic carbocycles. The second kappa shape index (κ2) is 16.2. The Morgan fingerprint density at radius 2 is 0.759 bits per heavy atom. The van der Waals surface area contributed by atoms with E-state index in [4.69, 9.17) is 23.7 Å². The molecule has 1 aliphatic heterocycles. The first-order valence-corrected chi connectivity index (χ1v) is 17.8. The largest absolute Gasteiger partial charge is 0.504 e. The molecule has 5 rings (SSSR count). The molecule has 0 radical (unpaired) electrons. The quantitative estimate of drug-likeness (QED) is 0.0609. The van der Waals surface area contributed by atoms with Crippen LogP contribution < -0.4 is 0 Å². The summed E-state index contributed by atoms with van der Waals surface area (Å²) in [5.74, 6) is -10.4. The van der Waals surface area contributed by atoms with E-state index >= 15 is 0 Å². The summed E-state index contributed by atoms with van der Waals surface area (Å²) in [4.78, 5) is 53.8. The Morgan fingerprint density at radius 1 is 0.463 bits per heavy atom. The molecule has 4 aromatic carbocycles. The van der Waals surface area contributed by atoms with Gasteiger partial charge < -0.3 is 64.5 Å². The maximum atomic E-state index is 13.6. The van der Waals surface area contributed by atoms with E-state index in [9.17, 15) is 60.0 Å². The van der Waals surface area contributed by atoms with Crippen molar-refractivity contribution in [1.82, 2.24) is 0 Å². The number of carbonyl (C=O) groups is 4. The molecule has 1 heterocycles. The van der Waals surface area contributed by atoms with Gasteiger partial charge in [0.15, 0.2) is 58.2 Å². The molecule has 17 nitrogen and oxygen atoms in total. The SMILES string of the molecule is O=C(O[C@@H]1OC[C@@H](OC(=O)c2cc(O)c(O)c(Br)c2)[C@H](OC(=O)c2cc(O)c(O)c(Br)c2)[C@H]1OC(=O)c1cc(O)c(O)c(Br)c1)c1cc(O)c(O)c(Br)c1. The number of phenols is 8. The van der Waals surface area contributed by atoms with E-state index in [1.54, 1.807) is 0 Å². The molecule has 8 N–H and O–H groups in total. The molecule has 0 unspecified atom stereocenters. The van der Waals surface area contributed by atoms with Gasteiger partial charge in [0.25, 0.3) is 0 Å². The van der Waals surface area contributed by atoms with Crippen molar-refractivity contribution in [3.05, 3.63) is 88.7 Å². The number of esters is 4. The zero-order valence-corrected chi connectivity index (χ0v) is 32.7. The smallest absolute Gasteiger partial charge is 0.340 e. The average molecular weight is 1010 g/mol. The molecule has 0 amide bonds. The van der Waals surface area contributed by atoms with Crippen molar-refractivity contribution in [2.75, 3.05) is 6.61 Å². The third-order valence-corrected chi connectivity index (χ3v) is 9.88. The normalized spacial score (nSPS) is 18.0. The zero-order valence-electron chi connectivity index (χ0n) is 26.4. The number of hydrogen-bond acceptors (Lipinski definition) is 17. The van der Waals surface area contributed by atoms with Gasteiger partial charge in [0.1, 0.15) is 0 Å². The zero-order chi connectivity index (χ0) is 39.8. The van der Waals surface area contributed by atoms with Gasteiger partial charge in [-0.15, -0.1) is 0 Å². The number of aromatic hydroxyl groups is 8. The minimum atomic E-state index is -2.05. The van der Waals surface area contributed by atoms with Crippen LogP contribution >= 0.6 is 63.7 Å². The molecule has 0 aromatic heterocycles. The van der Waals surface area contributed by atoms with Crippen LogP contribution in [0.5, 0.6) is 46.0 Å². The third kappa shape index (κ3) is 8.54. The topological polar surface area (TPSA) is 276 Å². The fourth-order valence-corrected chi connectivity index (χ4v) is 6.58. The van der Waals surface area contributed by atoms with Crippen LogP contribution in [0, 0.1) is 0 Å². The molecule has 0 spiro atoms. The molecule has 1 fully saturated rings. The summed E-state index contributed by atoms with van der Waals surface area (Å²) >= 11 is 11.9. The summed E-state index contributed by atoms with van der Waals surface area (Å²) in [5.41, 5.74) is -1.49. The average Bonchev–Trinajstić information content (AvgIpc) is 3.11. The first kappa shape index (κ1) is 40.2. The van der Waals surface area contributed by atoms with Crippen LogP contribution in [-0.2, 0) is 23.7 Å². The highest BCUT2D eigenvalue weighted by atomic mass is 79.9. The molecule has 4 atom stereocenters. The van der Waals surface area contributed by atoms with E-state index in [-0.39, 0.29) is 29.0 Å². The van der Waals surface area contributed by atoms with Crippen LogP contribution in [0.2, 0.25) is 0 Å². The Morgan fingerprint density at radius 3 is 1.09 bits per heavy atom. The van der Waals surface area contributed by atoms with Crippen LogP contribution in [0.15, 0.2) is 66.4 Å². The molecule has 0 saturated carbocycles. The van der Waals surface area contributed by atoms with E-state index in [0.29, 0.717) is 0 Å². The van der Waals surface area contributed by atoms with Crippen molar-refractivity contribution in [3.8, 4) is 46.0 Å². The highest BCUT2D eigenvalue weighted by molar-refractivity contribution is 9.11. The fourth-order valence-electron chi connectivity index (χ4n) is 4.79. The van der Waals surface area contributed by atoms with Gasteiger partial charge in [0.2, 0.25) is 12.4 Å². The van der Waals surface area contributed by atoms with Crippen molar-refractivity contribution in [1.29, 1.82) is 0 Å². The van der Waals surface area contributed by atoms with E-state index in [1.165, 1.54) is 0 Å². The Labute approximate surface area is 335 Å². The number of carbonyl (C=O) groups excluding carboxylic acids is 4. The van der Waals surface area contributed by atoms with Crippen molar-refractivity contribution in [3.63, 3.8) is 0 Å². The highest BCUT2D eigenvalue weighted by Gasteiger charge is 2.50. The molecule has 0 bridgehead atoms. The molecule has 54 heavy (non-hydrogen) atoms. The van der Waals surface area contributed by atoms with Crippen molar-refractivity contribution in [2.24, 2.45) is 0 Å². The van der Waals surface area contributed by atoms with E-state index < -0.39 is 112 Å². The Balaban J connectivity index is 1.58. The van der Waals surface area contributed by atoms with Crippen molar-refractivity contribution in [2.45, 2.75) is 24.6 Å². The lowest BCUT2D eigenvalue weighted by Crippen LogP contribution is -2.58. The summed E-state index contributed by atoms with van der Waals surface area (Å²) in [6.07, 6.45) is -7.71. The van der Waals surface area contributed by atoms with Crippen LogP contribution in [0.25, 0.3) is 0 Å². The lowest BCUT2D eigenvalue weighted by molar-refractivity contribution is -0.250. The summed E-state index contributed by atoms with van der Waals surface area (Å²) in [6, 6.07) is 7.58. The predicted molar refractivity (Wildman–Crippen MR) is 193 cm³/mol. The van der Waals surface area contributed by atoms with Crippen LogP contribution in [0.3, 0.4) is 0 Å². The van der Waals surface area contributed by atoms with E-state index in [2.05, 4.69) is 63.7 Å². The predicted octanol–water partition coefficient (Wildman–Crippen LogP) is 5.57. The minimum absolute atomic E-state index is 0.107. The summed E-state index contributed by atoms with van der Waals surface area (Å²) in [5, 5.41) is 80.2. The third-order valence-electron chi connectivity index (χ3n) is 7.47. The summed E-state index contributed by atoms with van der Waals surface area (Å²) in [7, 11) is 0. The second-order valence-corrected chi connectivity index (χ2v) is 14.5. The first-order chi connectivity index (χ1) is 25.4. The lowest BCUT2D eigenvalue weighted by atomic mass is 10.0. The van der Waals surface area contributed by atoms with Gasteiger partial charge in [-0.3, -0.25) is 0 Å². The van der Waals surface area contributed by atoms with Gasteiger partial charge in [-0.2, -0.15) is 0 Å². The van der Waals surface area contributed by atoms with Gasteiger partial charge in [0.05, 0.1) is 46.8 Å². The molecule has 4 aromatic rings. The molecule has 1 saturated heterocycles. The lowest BCUT2D eigenvalue weighted by Gasteiger charge is -2.40. The maximum Gasteiger partial charge on any atom is 0.340 e. The Kier molecular flexibility index (Phi) is 12.1. The Hall–Kier alpha value is -4.96. The van der Waals surface area contributed by atoms with Crippen LogP contribution in [0.1, 0.15) is 41.4 Å². The monoisotopic (exact) mass is 1010 g/mol. The van der Waals surface area contributed by atoms with Crippen molar-refractivity contribution >= 4 is 87.6 Å². The van der Waals surface area contributed by atoms with Gasteiger partial charge >= 0.3 is 23.9 Å². The van der Waals surface area contributed by atoms with Crippen LogP contribution in [0.4, 0.5) is 0 Å². The number of phenolic OH excluding ortho intramolecular Hbond substituents is 8. The van der Waals surface area contributed by atoms with Gasteiger partial charge in [-0.05, 0) is 112 Å². The number of rotatable bonds is 8. The van der Waals surface area contributed by atoms with Crippen molar-refractivity contribution < 1.29 is 83.7 Å². The number of halogens is 4. The fraction of sp³-hybridized carbons (Fsp3) is 0.152. The standard InChI is InChI=1S/C33H22Br4O17/c34-14-1-10(5-18(38)23(14)42)29(46)51-22-9-50-33(54-32(49)13-4-17(37)26(45)21(41)8-13)28(53-31(48)12-3-16(36)25(44)20(40)7-12)27(22)52-30(47)11-2-15(35)24(43)19(39)6-11/h1-8,22,27-28,33,38-45H,9H2/t22-,27+,28-,33+/m1/s1. The number of hydrogen-bond donors (Lipinski definition) is 8. The van der Waals surface area contributed by atoms with Gasteiger partial charge in [-0.25, -0.2) is 19.2 Å². The maximum absolute atomic E-state index is 13.6. The molecule has 21 heteroatoms. The molecule has 1 aliphatic rings. The summed E-state index contributed by atoms with van der Waals surface area (Å²) in [6.45, 7) is -0.735. The number of ether oxygens (including phenoxy) is 5. The first-order valence-electron chi connectivity index (χ1n) is 14.7. The molecule has 284 valence electrons. The minimum Gasteiger partial charge on any atom is -0.504 e. The van der Waals surface area contributed by atoms with Crippen LogP contribution in [-0.4, -0.2) is 95.9 Å². The van der Waals surface area contributed by atoms with E-state index in [0.717, 1.165) is 48.5 Å². The number of benzene rings is 4. The second-order valence-electron chi connectivity index (χ2n) is 11.1. The highest BCUT2D eigenvalue weighted by Crippen LogP contribution is 2.39. The molecular formula is C33H22Br4O17. The van der Waals surface area contributed by atoms with Gasteiger partial charge in [0, 0.05) is 0 Å². The van der Waals surface area contributed by atoms with E-state index in [1.807, 2.05) is 0 Å². The summed E-state index contributed by atoms with van der Waals surface area (Å²) < 4.78 is 27.5. The Bertz CT molecular complexity index is 1950. The van der Waals surface area contributed by atoms with Gasteiger partial charge in [-0.1, -0.05) is 0 Å².